The van der Waals surface area contributed by atoms with Gasteiger partial charge in [0.05, 0.1) is 6.67 Å². The summed E-state index contributed by atoms with van der Waals surface area (Å²) in [5, 5.41) is 4.72. The van der Waals surface area contributed by atoms with Crippen LogP contribution in [0, 0.1) is 4.77 Å². The van der Waals surface area contributed by atoms with Crippen LogP contribution in [0.3, 0.4) is 0 Å². The van der Waals surface area contributed by atoms with E-state index in [0.717, 1.165) is 23.8 Å². The number of aromatic nitrogens is 3. The lowest BCUT2D eigenvalue weighted by Crippen LogP contribution is -2.22. The fourth-order valence-electron chi connectivity index (χ4n) is 2.78. The molecule has 5 nitrogen and oxygen atoms in total. The normalized spacial score (nSPS) is 14.5. The monoisotopic (exact) mass is 331 g/mol. The van der Waals surface area contributed by atoms with Crippen molar-refractivity contribution in [2.75, 3.05) is 26.0 Å². The summed E-state index contributed by atoms with van der Waals surface area (Å²) in [5.74, 6) is 1.76. The van der Waals surface area contributed by atoms with Crippen molar-refractivity contribution in [3.63, 3.8) is 0 Å². The van der Waals surface area contributed by atoms with Gasteiger partial charge in [0, 0.05) is 39.3 Å². The van der Waals surface area contributed by atoms with E-state index >= 15 is 0 Å². The highest BCUT2D eigenvalue weighted by Crippen LogP contribution is 2.38. The molecule has 1 aromatic heterocycles. The Morgan fingerprint density at radius 2 is 1.83 bits per heavy atom. The second-order valence-corrected chi connectivity index (χ2v) is 7.06. The molecule has 0 radical (unpaired) electrons. The van der Waals surface area contributed by atoms with E-state index in [2.05, 4.69) is 59.8 Å². The maximum Gasteiger partial charge on any atom is 0.198 e. The maximum absolute atomic E-state index is 5.52. The molecule has 23 heavy (non-hydrogen) atoms. The van der Waals surface area contributed by atoms with Gasteiger partial charge in [-0.25, -0.2) is 4.68 Å². The van der Waals surface area contributed by atoms with E-state index in [1.165, 1.54) is 24.1 Å². The smallest absolute Gasteiger partial charge is 0.198 e. The topological polar surface area (TPSA) is 29.2 Å². The van der Waals surface area contributed by atoms with Gasteiger partial charge in [-0.2, -0.15) is 5.10 Å². The van der Waals surface area contributed by atoms with Gasteiger partial charge >= 0.3 is 0 Å². The van der Waals surface area contributed by atoms with E-state index in [0.29, 0.717) is 5.92 Å². The van der Waals surface area contributed by atoms with Gasteiger partial charge in [0.25, 0.3) is 0 Å². The molecule has 1 heterocycles. The fourth-order valence-corrected chi connectivity index (χ4v) is 2.98. The van der Waals surface area contributed by atoms with E-state index in [-0.39, 0.29) is 0 Å². The number of hydrogen-bond acceptors (Lipinski definition) is 4. The number of hydrogen-bond donors (Lipinski definition) is 0. The lowest BCUT2D eigenvalue weighted by molar-refractivity contribution is 0.243. The molecule has 1 saturated carbocycles. The molecule has 0 N–H and O–H groups in total. The van der Waals surface area contributed by atoms with Crippen LogP contribution >= 0.6 is 12.2 Å². The molecule has 1 aliphatic rings. The first kappa shape index (κ1) is 16.2. The van der Waals surface area contributed by atoms with Gasteiger partial charge < -0.3 is 9.47 Å². The SMILES string of the molecule is CN(Cc1ccc(N(C)C)cc1)Cn1nc(C2CC2)n(C)c1=S. The van der Waals surface area contributed by atoms with Crippen LogP contribution in [-0.2, 0) is 20.3 Å². The predicted octanol–water partition coefficient (Wildman–Crippen LogP) is 2.98. The van der Waals surface area contributed by atoms with Crippen LogP contribution in [0.15, 0.2) is 24.3 Å². The summed E-state index contributed by atoms with van der Waals surface area (Å²) in [6, 6.07) is 8.67. The minimum atomic E-state index is 0.617. The molecule has 1 aromatic carbocycles. The van der Waals surface area contributed by atoms with Crippen LogP contribution in [0.1, 0.15) is 30.1 Å². The summed E-state index contributed by atoms with van der Waals surface area (Å²) in [5.41, 5.74) is 2.51. The Morgan fingerprint density at radius 1 is 1.17 bits per heavy atom. The molecule has 1 fully saturated rings. The van der Waals surface area contributed by atoms with Crippen LogP contribution in [0.25, 0.3) is 0 Å². The number of rotatable bonds is 6. The minimum absolute atomic E-state index is 0.617. The first-order chi connectivity index (χ1) is 11.0. The van der Waals surface area contributed by atoms with Crippen molar-refractivity contribution in [1.29, 1.82) is 0 Å². The van der Waals surface area contributed by atoms with Gasteiger partial charge in [0.2, 0.25) is 0 Å². The zero-order chi connectivity index (χ0) is 16.6. The molecule has 0 atom stereocenters. The van der Waals surface area contributed by atoms with Crippen LogP contribution < -0.4 is 4.90 Å². The van der Waals surface area contributed by atoms with Crippen molar-refractivity contribution in [1.82, 2.24) is 19.2 Å². The molecule has 1 aliphatic carbocycles. The van der Waals surface area contributed by atoms with E-state index in [4.69, 9.17) is 17.3 Å². The first-order valence-electron chi connectivity index (χ1n) is 8.04. The Morgan fingerprint density at radius 3 is 2.39 bits per heavy atom. The number of anilines is 1. The molecular weight excluding hydrogens is 306 g/mol. The largest absolute Gasteiger partial charge is 0.378 e. The van der Waals surface area contributed by atoms with Gasteiger partial charge in [0.15, 0.2) is 4.77 Å². The molecule has 6 heteroatoms. The Bertz CT molecular complexity index is 724. The summed E-state index contributed by atoms with van der Waals surface area (Å²) in [6.07, 6.45) is 2.49. The molecule has 0 unspecified atom stereocenters. The molecule has 124 valence electrons. The van der Waals surface area contributed by atoms with E-state index in [9.17, 15) is 0 Å². The Labute approximate surface area is 143 Å². The molecule has 0 saturated heterocycles. The van der Waals surface area contributed by atoms with Gasteiger partial charge in [-0.3, -0.25) is 4.90 Å². The van der Waals surface area contributed by atoms with Crippen molar-refractivity contribution < 1.29 is 0 Å². The minimum Gasteiger partial charge on any atom is -0.378 e. The third-order valence-corrected chi connectivity index (χ3v) is 4.78. The summed E-state index contributed by atoms with van der Waals surface area (Å²) >= 11 is 5.52. The lowest BCUT2D eigenvalue weighted by Gasteiger charge is -2.18. The highest BCUT2D eigenvalue weighted by molar-refractivity contribution is 7.71. The van der Waals surface area contributed by atoms with Crippen LogP contribution in [0.5, 0.6) is 0 Å². The Balaban J connectivity index is 1.66. The average Bonchev–Trinajstić information content (AvgIpc) is 3.31. The van der Waals surface area contributed by atoms with E-state index < -0.39 is 0 Å². The van der Waals surface area contributed by atoms with E-state index in [1.54, 1.807) is 0 Å². The molecule has 0 amide bonds. The van der Waals surface area contributed by atoms with Gasteiger partial charge in [-0.1, -0.05) is 12.1 Å². The van der Waals surface area contributed by atoms with Crippen LogP contribution in [-0.4, -0.2) is 40.4 Å². The predicted molar refractivity (Wildman–Crippen MR) is 96.2 cm³/mol. The van der Waals surface area contributed by atoms with Crippen molar-refractivity contribution in [3.05, 3.63) is 40.4 Å². The lowest BCUT2D eigenvalue weighted by atomic mass is 10.2. The fraction of sp³-hybridized carbons (Fsp3) is 0.529. The number of nitrogens with zero attached hydrogens (tertiary/aromatic N) is 5. The van der Waals surface area contributed by atoms with Crippen molar-refractivity contribution >= 4 is 17.9 Å². The Kier molecular flexibility index (Phi) is 4.55. The van der Waals surface area contributed by atoms with Gasteiger partial charge in [0.1, 0.15) is 5.82 Å². The van der Waals surface area contributed by atoms with Crippen LogP contribution in [0.2, 0.25) is 0 Å². The summed E-state index contributed by atoms with van der Waals surface area (Å²) in [7, 11) is 8.25. The zero-order valence-corrected chi connectivity index (χ0v) is 15.2. The van der Waals surface area contributed by atoms with Crippen molar-refractivity contribution in [2.24, 2.45) is 7.05 Å². The quantitative estimate of drug-likeness (QED) is 0.761. The summed E-state index contributed by atoms with van der Waals surface area (Å²) in [4.78, 5) is 4.35. The molecule has 0 spiro atoms. The van der Waals surface area contributed by atoms with Crippen molar-refractivity contribution in [2.45, 2.75) is 32.0 Å². The van der Waals surface area contributed by atoms with E-state index in [1.807, 2.05) is 11.7 Å². The van der Waals surface area contributed by atoms with Gasteiger partial charge in [-0.15, -0.1) is 0 Å². The molecule has 3 rings (SSSR count). The molecule has 2 aromatic rings. The maximum atomic E-state index is 5.52. The Hall–Kier alpha value is -1.66. The summed E-state index contributed by atoms with van der Waals surface area (Å²) < 4.78 is 4.81. The third-order valence-electron chi connectivity index (χ3n) is 4.30. The highest BCUT2D eigenvalue weighted by Gasteiger charge is 2.29. The molecular formula is C17H25N5S. The zero-order valence-electron chi connectivity index (χ0n) is 14.4. The molecule has 0 bridgehead atoms. The van der Waals surface area contributed by atoms with Crippen LogP contribution in [0.4, 0.5) is 5.69 Å². The highest BCUT2D eigenvalue weighted by atomic mass is 32.1. The van der Waals surface area contributed by atoms with Crippen molar-refractivity contribution in [3.8, 4) is 0 Å². The standard InChI is InChI=1S/C17H25N5S/c1-19(2)15-9-5-13(6-10-15)11-20(3)12-22-17(23)21(4)16(18-22)14-7-8-14/h5-6,9-10,14H,7-8,11-12H2,1-4H3. The second-order valence-electron chi connectivity index (χ2n) is 6.69. The first-order valence-corrected chi connectivity index (χ1v) is 8.45. The van der Waals surface area contributed by atoms with Gasteiger partial charge in [-0.05, 0) is 49.8 Å². The third kappa shape index (κ3) is 3.64. The molecule has 0 aliphatic heterocycles. The second kappa shape index (κ2) is 6.45. The number of benzene rings is 1. The summed E-state index contributed by atoms with van der Waals surface area (Å²) in [6.45, 7) is 1.60. The average molecular weight is 331 g/mol.